The predicted molar refractivity (Wildman–Crippen MR) is 53.9 cm³/mol. The number of ether oxygens (including phenoxy) is 1. The van der Waals surface area contributed by atoms with Crippen molar-refractivity contribution in [2.75, 3.05) is 0 Å². The topological polar surface area (TPSA) is 66.8 Å². The lowest BCUT2D eigenvalue weighted by Crippen LogP contribution is -1.90. The summed E-state index contributed by atoms with van der Waals surface area (Å²) in [5.41, 5.74) is 0. The Morgan fingerprint density at radius 3 is 2.69 bits per heavy atom. The van der Waals surface area contributed by atoms with Gasteiger partial charge in [-0.05, 0) is 23.6 Å². The normalized spacial score (nSPS) is 10.3. The number of carbonyl (C=O) groups is 1. The Morgan fingerprint density at radius 2 is 2.00 bits per heavy atom. The van der Waals surface area contributed by atoms with Crippen molar-refractivity contribution in [2.45, 2.75) is 0 Å². The van der Waals surface area contributed by atoms with Gasteiger partial charge in [0.05, 0.1) is 0 Å². The Bertz CT molecular complexity index is 565. The van der Waals surface area contributed by atoms with Crippen LogP contribution in [0.1, 0.15) is 0 Å². The van der Waals surface area contributed by atoms with Crippen LogP contribution in [-0.4, -0.2) is 16.7 Å². The smallest absolute Gasteiger partial charge is 0.298 e. The van der Waals surface area contributed by atoms with Crippen LogP contribution in [0.15, 0.2) is 24.3 Å². The second kappa shape index (κ2) is 3.69. The third-order valence-electron chi connectivity index (χ3n) is 2.18. The fraction of sp³-hybridized carbons (Fsp3) is 0. The molecule has 0 aliphatic rings. The van der Waals surface area contributed by atoms with Gasteiger partial charge in [-0.15, -0.1) is 0 Å². The van der Waals surface area contributed by atoms with Gasteiger partial charge in [-0.1, -0.05) is 6.07 Å². The number of hydrogen-bond donors (Lipinski definition) is 2. The molecule has 0 spiro atoms. The maximum Gasteiger partial charge on any atom is 0.298 e. The summed E-state index contributed by atoms with van der Waals surface area (Å²) in [6, 6.07) is 4.95. The molecule has 0 aliphatic carbocycles. The van der Waals surface area contributed by atoms with Gasteiger partial charge in [0.25, 0.3) is 6.47 Å². The molecular formula is C11H7FO4. The van der Waals surface area contributed by atoms with Crippen molar-refractivity contribution in [1.29, 1.82) is 0 Å². The minimum atomic E-state index is -0.537. The number of benzene rings is 2. The molecule has 0 aromatic heterocycles. The lowest BCUT2D eigenvalue weighted by atomic mass is 10.1. The first-order chi connectivity index (χ1) is 7.63. The lowest BCUT2D eigenvalue weighted by Gasteiger charge is -2.08. The fourth-order valence-electron chi connectivity index (χ4n) is 1.48. The van der Waals surface area contributed by atoms with Gasteiger partial charge in [-0.2, -0.15) is 0 Å². The van der Waals surface area contributed by atoms with Gasteiger partial charge in [0.15, 0.2) is 11.5 Å². The van der Waals surface area contributed by atoms with Gasteiger partial charge < -0.3 is 14.9 Å². The quantitative estimate of drug-likeness (QED) is 0.762. The zero-order valence-electron chi connectivity index (χ0n) is 7.98. The van der Waals surface area contributed by atoms with E-state index in [1.54, 1.807) is 0 Å². The summed E-state index contributed by atoms with van der Waals surface area (Å²) in [5, 5.41) is 19.7. The van der Waals surface area contributed by atoms with Crippen LogP contribution in [0.5, 0.6) is 17.2 Å². The van der Waals surface area contributed by atoms with Gasteiger partial charge in [0.1, 0.15) is 5.82 Å². The summed E-state index contributed by atoms with van der Waals surface area (Å²) < 4.78 is 17.4. The van der Waals surface area contributed by atoms with Gasteiger partial charge in [-0.3, -0.25) is 4.79 Å². The molecule has 2 aromatic rings. The molecule has 0 radical (unpaired) electrons. The number of phenolic OH excluding ortho intramolecular Hbond substituents is 2. The molecule has 2 N–H and O–H groups in total. The van der Waals surface area contributed by atoms with Gasteiger partial charge in [-0.25, -0.2) is 4.39 Å². The summed E-state index contributed by atoms with van der Waals surface area (Å²) in [5.74, 6) is -1.77. The van der Waals surface area contributed by atoms with Crippen molar-refractivity contribution in [1.82, 2.24) is 0 Å². The standard InChI is InChI=1S/C11H7FO4/c12-7-2-1-6-3-9(14)11(16-5-13)10(15)8(6)4-7/h1-5,14-15H. The van der Waals surface area contributed by atoms with E-state index < -0.39 is 11.6 Å². The average Bonchev–Trinajstić information content (AvgIpc) is 2.26. The van der Waals surface area contributed by atoms with Gasteiger partial charge in [0, 0.05) is 5.39 Å². The summed E-state index contributed by atoms with van der Waals surface area (Å²) in [7, 11) is 0. The highest BCUT2D eigenvalue weighted by Crippen LogP contribution is 2.41. The summed E-state index contributed by atoms with van der Waals surface area (Å²) >= 11 is 0. The van der Waals surface area contributed by atoms with Crippen LogP contribution in [0.3, 0.4) is 0 Å². The zero-order valence-corrected chi connectivity index (χ0v) is 7.98. The molecule has 0 saturated heterocycles. The van der Waals surface area contributed by atoms with Crippen LogP contribution in [0, 0.1) is 5.82 Å². The second-order valence-electron chi connectivity index (χ2n) is 3.15. The van der Waals surface area contributed by atoms with Crippen LogP contribution in [-0.2, 0) is 4.79 Å². The van der Waals surface area contributed by atoms with Gasteiger partial charge >= 0.3 is 0 Å². The first-order valence-electron chi connectivity index (χ1n) is 4.38. The maximum atomic E-state index is 13.0. The minimum Gasteiger partial charge on any atom is -0.504 e. The Hall–Kier alpha value is -2.30. The Morgan fingerprint density at radius 1 is 1.25 bits per heavy atom. The zero-order chi connectivity index (χ0) is 11.7. The highest BCUT2D eigenvalue weighted by Gasteiger charge is 2.14. The van der Waals surface area contributed by atoms with Crippen molar-refractivity contribution in [3.8, 4) is 17.2 Å². The Labute approximate surface area is 89.5 Å². The van der Waals surface area contributed by atoms with E-state index in [4.69, 9.17) is 0 Å². The van der Waals surface area contributed by atoms with E-state index in [-0.39, 0.29) is 23.4 Å². The Kier molecular flexibility index (Phi) is 2.36. The molecule has 0 bridgehead atoms. The van der Waals surface area contributed by atoms with E-state index in [1.165, 1.54) is 18.2 Å². The van der Waals surface area contributed by atoms with Crippen LogP contribution in [0.25, 0.3) is 10.8 Å². The van der Waals surface area contributed by atoms with Crippen molar-refractivity contribution in [2.24, 2.45) is 0 Å². The fourth-order valence-corrected chi connectivity index (χ4v) is 1.48. The first kappa shape index (κ1) is 10.2. The van der Waals surface area contributed by atoms with E-state index in [0.29, 0.717) is 5.39 Å². The van der Waals surface area contributed by atoms with Crippen molar-refractivity contribution in [3.63, 3.8) is 0 Å². The molecule has 0 atom stereocenters. The Balaban J connectivity index is 2.79. The number of halogens is 1. The van der Waals surface area contributed by atoms with Crippen LogP contribution < -0.4 is 4.74 Å². The van der Waals surface area contributed by atoms with Crippen LogP contribution in [0.4, 0.5) is 4.39 Å². The van der Waals surface area contributed by atoms with E-state index in [9.17, 15) is 19.4 Å². The van der Waals surface area contributed by atoms with Crippen molar-refractivity contribution in [3.05, 3.63) is 30.1 Å². The highest BCUT2D eigenvalue weighted by molar-refractivity contribution is 5.93. The molecule has 2 rings (SSSR count). The van der Waals surface area contributed by atoms with E-state index in [2.05, 4.69) is 4.74 Å². The number of aromatic hydroxyl groups is 2. The molecule has 0 amide bonds. The van der Waals surface area contributed by atoms with E-state index >= 15 is 0 Å². The number of carbonyl (C=O) groups excluding carboxylic acids is 1. The summed E-state index contributed by atoms with van der Waals surface area (Å²) in [4.78, 5) is 10.2. The monoisotopic (exact) mass is 222 g/mol. The number of hydrogen-bond acceptors (Lipinski definition) is 4. The molecule has 0 heterocycles. The average molecular weight is 222 g/mol. The van der Waals surface area contributed by atoms with Crippen molar-refractivity contribution >= 4 is 17.2 Å². The van der Waals surface area contributed by atoms with Crippen molar-refractivity contribution < 1.29 is 24.1 Å². The van der Waals surface area contributed by atoms with E-state index in [0.717, 1.165) is 6.07 Å². The molecular weight excluding hydrogens is 215 g/mol. The lowest BCUT2D eigenvalue weighted by molar-refractivity contribution is -0.120. The second-order valence-corrected chi connectivity index (χ2v) is 3.15. The maximum absolute atomic E-state index is 13.0. The highest BCUT2D eigenvalue weighted by atomic mass is 19.1. The molecule has 16 heavy (non-hydrogen) atoms. The minimum absolute atomic E-state index is 0.0693. The van der Waals surface area contributed by atoms with Crippen LogP contribution in [0.2, 0.25) is 0 Å². The predicted octanol–water partition coefficient (Wildman–Crippen LogP) is 1.93. The molecule has 0 unspecified atom stereocenters. The van der Waals surface area contributed by atoms with E-state index in [1.807, 2.05) is 0 Å². The molecule has 0 fully saturated rings. The molecule has 5 heteroatoms. The molecule has 4 nitrogen and oxygen atoms in total. The molecule has 0 aliphatic heterocycles. The third-order valence-corrected chi connectivity index (χ3v) is 2.18. The first-order valence-corrected chi connectivity index (χ1v) is 4.38. The molecule has 0 saturated carbocycles. The SMILES string of the molecule is O=COc1c(O)cc2ccc(F)cc2c1O. The van der Waals surface area contributed by atoms with Gasteiger partial charge in [0.2, 0.25) is 5.75 Å². The number of phenols is 2. The van der Waals surface area contributed by atoms with Crippen LogP contribution >= 0.6 is 0 Å². The number of rotatable bonds is 2. The third kappa shape index (κ3) is 1.52. The molecule has 82 valence electrons. The molecule has 2 aromatic carbocycles. The summed E-state index contributed by atoms with van der Waals surface area (Å²) in [6.07, 6.45) is 0. The largest absolute Gasteiger partial charge is 0.504 e. The summed E-state index contributed by atoms with van der Waals surface area (Å²) in [6.45, 7) is 0.0693. The number of fused-ring (bicyclic) bond motifs is 1.